The van der Waals surface area contributed by atoms with Crippen LogP contribution in [0.3, 0.4) is 0 Å². The molecule has 0 saturated heterocycles. The second kappa shape index (κ2) is 22.5. The molecule has 21 rings (SSSR count). The molecule has 10 nitrogen and oxygen atoms in total. The second-order valence-electron chi connectivity index (χ2n) is 25.7. The van der Waals surface area contributed by atoms with E-state index < -0.39 is 0 Å². The molecule has 7 heterocycles. The average Bonchev–Trinajstić information content (AvgIpc) is 1.56. The zero-order chi connectivity index (χ0) is 66.2. The van der Waals surface area contributed by atoms with Crippen LogP contribution in [0.4, 0.5) is 0 Å². The third kappa shape index (κ3) is 9.18. The van der Waals surface area contributed by atoms with Crippen molar-refractivity contribution in [1.29, 1.82) is 0 Å². The van der Waals surface area contributed by atoms with Crippen LogP contribution in [0.2, 0.25) is 0 Å². The van der Waals surface area contributed by atoms with Gasteiger partial charge in [-0.2, -0.15) is 9.97 Å². The lowest BCUT2D eigenvalue weighted by Gasteiger charge is -2.13. The molecule has 0 saturated carbocycles. The summed E-state index contributed by atoms with van der Waals surface area (Å²) in [7, 11) is 0. The van der Waals surface area contributed by atoms with Crippen molar-refractivity contribution < 1.29 is 8.83 Å². The molecule has 470 valence electrons. The molecule has 21 aromatic rings. The Hall–Kier alpha value is -13.5. The van der Waals surface area contributed by atoms with Crippen LogP contribution in [-0.2, 0) is 0 Å². The number of furan rings is 2. The molecule has 101 heavy (non-hydrogen) atoms. The molecule has 0 fully saturated rings. The van der Waals surface area contributed by atoms with E-state index in [9.17, 15) is 0 Å². The highest BCUT2D eigenvalue weighted by Gasteiger charge is 2.26. The predicted octanol–water partition coefficient (Wildman–Crippen LogP) is 23.8. The number of fused-ring (bicyclic) bond motifs is 17. The first-order valence-electron chi connectivity index (χ1n) is 33.7. The van der Waals surface area contributed by atoms with Crippen molar-refractivity contribution in [2.75, 3.05) is 0 Å². The van der Waals surface area contributed by atoms with Crippen molar-refractivity contribution in [1.82, 2.24) is 39.0 Å². The molecule has 11 heteroatoms. The normalized spacial score (nSPS) is 12.0. The van der Waals surface area contributed by atoms with Gasteiger partial charge in [-0.25, -0.2) is 19.9 Å². The van der Waals surface area contributed by atoms with Gasteiger partial charge < -0.3 is 13.4 Å². The summed E-state index contributed by atoms with van der Waals surface area (Å²) in [5.41, 5.74) is 19.2. The van der Waals surface area contributed by atoms with Crippen LogP contribution in [0.25, 0.3) is 210 Å². The Morgan fingerprint density at radius 3 is 1.44 bits per heavy atom. The van der Waals surface area contributed by atoms with Crippen LogP contribution in [0.5, 0.6) is 0 Å². The molecule has 7 aromatic heterocycles. The van der Waals surface area contributed by atoms with Crippen molar-refractivity contribution in [3.63, 3.8) is 0 Å². The number of nitrogens with zero attached hydrogens (tertiary/aromatic N) is 8. The van der Waals surface area contributed by atoms with Crippen LogP contribution in [0.1, 0.15) is 0 Å². The van der Waals surface area contributed by atoms with Gasteiger partial charge in [-0.1, -0.05) is 237 Å². The van der Waals surface area contributed by atoms with E-state index in [4.69, 9.17) is 38.7 Å². The number of para-hydroxylation sites is 4. The lowest BCUT2D eigenvalue weighted by molar-refractivity contribution is 0.669. The molecular formula is C90H52N8O2S. The van der Waals surface area contributed by atoms with E-state index in [1.807, 2.05) is 78.1 Å². The van der Waals surface area contributed by atoms with Gasteiger partial charge in [0.25, 0.3) is 0 Å². The first-order chi connectivity index (χ1) is 50.0. The van der Waals surface area contributed by atoms with Gasteiger partial charge in [0.05, 0.1) is 26.8 Å². The molecule has 0 aliphatic carbocycles. The fourth-order valence-corrected chi connectivity index (χ4v) is 16.3. The maximum Gasteiger partial charge on any atom is 0.238 e. The van der Waals surface area contributed by atoms with Crippen molar-refractivity contribution in [2.45, 2.75) is 0 Å². The minimum Gasteiger partial charge on any atom is -0.456 e. The van der Waals surface area contributed by atoms with Gasteiger partial charge in [0.2, 0.25) is 5.95 Å². The Labute approximate surface area is 580 Å². The van der Waals surface area contributed by atoms with Crippen molar-refractivity contribution >= 4 is 119 Å². The summed E-state index contributed by atoms with van der Waals surface area (Å²) in [6, 6.07) is 111. The highest BCUT2D eigenvalue weighted by Crippen LogP contribution is 2.48. The Morgan fingerprint density at radius 1 is 0.257 bits per heavy atom. The molecule has 0 aliphatic rings. The molecular weight excluding hydrogens is 1260 g/mol. The van der Waals surface area contributed by atoms with E-state index in [0.29, 0.717) is 35.1 Å². The zero-order valence-corrected chi connectivity index (χ0v) is 54.6. The van der Waals surface area contributed by atoms with E-state index in [1.54, 1.807) is 0 Å². The number of benzene rings is 14. The van der Waals surface area contributed by atoms with Gasteiger partial charge in [0, 0.05) is 92.1 Å². The lowest BCUT2D eigenvalue weighted by atomic mass is 9.94. The largest absolute Gasteiger partial charge is 0.456 e. The predicted molar refractivity (Wildman–Crippen MR) is 413 cm³/mol. The van der Waals surface area contributed by atoms with Crippen LogP contribution in [0, 0.1) is 0 Å². The Morgan fingerprint density at radius 2 is 0.713 bits per heavy atom. The fraction of sp³-hybridized carbons (Fsp3) is 0. The zero-order valence-electron chi connectivity index (χ0n) is 53.8. The molecule has 0 N–H and O–H groups in total. The first-order valence-corrected chi connectivity index (χ1v) is 34.5. The third-order valence-electron chi connectivity index (χ3n) is 19.9. The van der Waals surface area contributed by atoms with E-state index >= 15 is 0 Å². The molecule has 0 amide bonds. The number of thiophene rings is 1. The van der Waals surface area contributed by atoms with Crippen LogP contribution >= 0.6 is 11.3 Å². The summed E-state index contributed by atoms with van der Waals surface area (Å²) in [4.78, 5) is 31.6. The Balaban J connectivity index is 0.682. The summed E-state index contributed by atoms with van der Waals surface area (Å²) in [6.45, 7) is 0. The van der Waals surface area contributed by atoms with E-state index in [0.717, 1.165) is 154 Å². The molecule has 0 atom stereocenters. The maximum atomic E-state index is 7.00. The Bertz CT molecular complexity index is 6930. The SMILES string of the molecule is c1ccc(-c2ccc(-c3nc(-c4cccc(-c5ccc(-c6cc7c8ccccc8oc7c7c6c6ccccc6n7-c6ccc(-c7nc(-c8ccccc8)nc(-c8ccc9c(c8)oc8ccccc89)n7)cc6)cc5)c4)nc(-n4c5ccccc5c5ccc6c7ccccc7sc6c54)n3)cc2)cc1. The number of hydrogen-bond donors (Lipinski definition) is 0. The minimum atomic E-state index is 0.552. The number of aromatic nitrogens is 8. The summed E-state index contributed by atoms with van der Waals surface area (Å²) in [6.07, 6.45) is 0. The Kier molecular flexibility index (Phi) is 12.7. The quantitative estimate of drug-likeness (QED) is 0.133. The monoisotopic (exact) mass is 1310 g/mol. The molecule has 14 aromatic carbocycles. The smallest absolute Gasteiger partial charge is 0.238 e. The highest BCUT2D eigenvalue weighted by atomic mass is 32.1. The molecule has 0 spiro atoms. The third-order valence-corrected chi connectivity index (χ3v) is 21.1. The molecule has 0 bridgehead atoms. The summed E-state index contributed by atoms with van der Waals surface area (Å²) < 4.78 is 20.4. The van der Waals surface area contributed by atoms with Gasteiger partial charge in [-0.3, -0.25) is 4.57 Å². The molecule has 0 unspecified atom stereocenters. The first kappa shape index (κ1) is 56.7. The van der Waals surface area contributed by atoms with Crippen LogP contribution in [-0.4, -0.2) is 39.0 Å². The minimum absolute atomic E-state index is 0.552. The van der Waals surface area contributed by atoms with Gasteiger partial charge in [-0.15, -0.1) is 11.3 Å². The topological polar surface area (TPSA) is 113 Å². The fourth-order valence-electron chi connectivity index (χ4n) is 15.1. The summed E-state index contributed by atoms with van der Waals surface area (Å²) in [5, 5.41) is 11.1. The lowest BCUT2D eigenvalue weighted by Crippen LogP contribution is -2.06. The second-order valence-corrected chi connectivity index (χ2v) is 26.7. The van der Waals surface area contributed by atoms with Gasteiger partial charge in [0.15, 0.2) is 34.7 Å². The average molecular weight is 1310 g/mol. The van der Waals surface area contributed by atoms with Gasteiger partial charge >= 0.3 is 0 Å². The summed E-state index contributed by atoms with van der Waals surface area (Å²) in [5.74, 6) is 3.41. The summed E-state index contributed by atoms with van der Waals surface area (Å²) >= 11 is 1.81. The van der Waals surface area contributed by atoms with Crippen LogP contribution in [0.15, 0.2) is 324 Å². The molecule has 0 aliphatic heterocycles. The van der Waals surface area contributed by atoms with Crippen molar-refractivity contribution in [3.05, 3.63) is 315 Å². The van der Waals surface area contributed by atoms with Crippen molar-refractivity contribution in [3.8, 4) is 102 Å². The molecule has 0 radical (unpaired) electrons. The van der Waals surface area contributed by atoms with E-state index in [1.165, 1.54) is 20.2 Å². The van der Waals surface area contributed by atoms with E-state index in [-0.39, 0.29) is 0 Å². The number of rotatable bonds is 10. The van der Waals surface area contributed by atoms with E-state index in [2.05, 4.69) is 258 Å². The van der Waals surface area contributed by atoms with Crippen LogP contribution < -0.4 is 0 Å². The van der Waals surface area contributed by atoms with Gasteiger partial charge in [0.1, 0.15) is 16.7 Å². The highest BCUT2D eigenvalue weighted by molar-refractivity contribution is 7.26. The van der Waals surface area contributed by atoms with Crippen molar-refractivity contribution in [2.24, 2.45) is 0 Å². The standard InChI is InChI=1S/C90H52N8O2S/c1-3-18-53(19-4-1)54-36-40-58(41-37-54)87-94-89(96-90(95-87)98-74-29-12-7-24-64(74)69-48-49-70-68-27-11-16-33-79(68)101-84(70)81(69)98)61-23-17-22-60(50-61)55-34-38-56(39-35-55)72-52-73-66-26-10-15-32-77(66)100-83(73)82-80(72)71-28-8-13-30-75(71)97(82)63-45-42-59(43-46-63)86-91-85(57-20-5-2-6-21-57)92-88(93-86)62-44-47-67-65-25-9-14-31-76(65)99-78(67)51-62/h1-52H. The van der Waals surface area contributed by atoms with Gasteiger partial charge in [-0.05, 0) is 112 Å². The number of hydrogen-bond acceptors (Lipinski definition) is 9. The maximum absolute atomic E-state index is 7.00.